The minimum Gasteiger partial charge on any atom is -0.465 e. The summed E-state index contributed by atoms with van der Waals surface area (Å²) in [6, 6.07) is 13.2. The summed E-state index contributed by atoms with van der Waals surface area (Å²) in [7, 11) is 2.16. The van der Waals surface area contributed by atoms with Gasteiger partial charge in [-0.05, 0) is 94.8 Å². The molecule has 0 spiro atoms. The predicted molar refractivity (Wildman–Crippen MR) is 192 cm³/mol. The summed E-state index contributed by atoms with van der Waals surface area (Å²) in [5, 5.41) is 11.3. The van der Waals surface area contributed by atoms with Gasteiger partial charge in [0.2, 0.25) is 5.91 Å². The van der Waals surface area contributed by atoms with Gasteiger partial charge in [-0.1, -0.05) is 24.3 Å². The Bertz CT molecular complexity index is 1880. The van der Waals surface area contributed by atoms with Crippen molar-refractivity contribution in [2.24, 2.45) is 5.92 Å². The quantitative estimate of drug-likeness (QED) is 0.277. The lowest BCUT2D eigenvalue weighted by Gasteiger charge is -2.45. The smallest absolute Gasteiger partial charge is 0.407 e. The molecule has 0 saturated carbocycles. The number of carboxylic acid groups (broad SMARTS) is 1. The van der Waals surface area contributed by atoms with Crippen molar-refractivity contribution in [3.8, 4) is 0 Å². The van der Waals surface area contributed by atoms with Gasteiger partial charge in [-0.15, -0.1) is 0 Å². The molecule has 3 saturated heterocycles. The zero-order valence-electron chi connectivity index (χ0n) is 27.0. The number of halogens is 2. The van der Waals surface area contributed by atoms with Gasteiger partial charge in [0, 0.05) is 78.3 Å². The molecule has 2 N–H and O–H groups in total. The van der Waals surface area contributed by atoms with Crippen LogP contribution in [-0.4, -0.2) is 116 Å². The van der Waals surface area contributed by atoms with Gasteiger partial charge in [0.25, 0.3) is 0 Å². The average Bonchev–Trinajstić information content (AvgIpc) is 3.44. The monoisotopic (exact) mass is 781 g/mol. The SMILES string of the molecule is CN1CCN(C2CCN(C(=O)C(Cc3ccc(Br)c(Br)c3)[C@H]3CC(n4c(=O)[nH]c5c6ccccc6ncc54)CCN3C(=O)O)CC2)CC1. The van der Waals surface area contributed by atoms with Gasteiger partial charge in [-0.3, -0.25) is 19.2 Å². The van der Waals surface area contributed by atoms with Gasteiger partial charge in [0.1, 0.15) is 0 Å². The minimum atomic E-state index is -1.04. The molecular weight excluding hydrogens is 742 g/mol. The standard InChI is InChI=1S/C35H41Br2N7O4/c1-40-14-16-41(17-15-40)23-8-11-42(12-9-23)33(45)26(18-22-6-7-27(36)28(37)19-22)30-20-24(10-13-43(30)35(47)48)44-31-21-38-29-5-3-2-4-25(29)32(31)39-34(44)46/h2-7,19,21,23-24,26,30H,8-18,20H2,1H3,(H,39,46)(H,47,48)/t24?,26?,30-/m1/s1. The van der Waals surface area contributed by atoms with Crippen molar-refractivity contribution in [1.29, 1.82) is 0 Å². The minimum absolute atomic E-state index is 0.0123. The van der Waals surface area contributed by atoms with E-state index >= 15 is 0 Å². The molecule has 254 valence electrons. The number of hydrogen-bond donors (Lipinski definition) is 2. The molecule has 2 aromatic heterocycles. The normalized spacial score (nSPS) is 22.4. The molecule has 2 amide bonds. The van der Waals surface area contributed by atoms with Gasteiger partial charge in [-0.25, -0.2) is 9.59 Å². The van der Waals surface area contributed by atoms with Crippen LogP contribution in [-0.2, 0) is 11.2 Å². The molecule has 0 aliphatic carbocycles. The van der Waals surface area contributed by atoms with Crippen molar-refractivity contribution < 1.29 is 14.7 Å². The Morgan fingerprint density at radius 1 is 0.958 bits per heavy atom. The Balaban J connectivity index is 1.20. The number of amides is 2. The van der Waals surface area contributed by atoms with E-state index in [1.54, 1.807) is 10.8 Å². The van der Waals surface area contributed by atoms with Crippen LogP contribution in [0.3, 0.4) is 0 Å². The molecule has 13 heteroatoms. The molecule has 7 rings (SSSR count). The summed E-state index contributed by atoms with van der Waals surface area (Å²) in [6.45, 7) is 5.75. The highest BCUT2D eigenvalue weighted by atomic mass is 79.9. The number of imidazole rings is 1. The lowest BCUT2D eigenvalue weighted by atomic mass is 9.82. The number of rotatable bonds is 6. The molecule has 3 atom stereocenters. The number of likely N-dealkylation sites (tertiary alicyclic amines) is 2. The maximum absolute atomic E-state index is 14.6. The number of benzene rings is 2. The Kier molecular flexibility index (Phi) is 9.65. The Hall–Kier alpha value is -3.26. The third kappa shape index (κ3) is 6.54. The number of pyridine rings is 1. The average molecular weight is 784 g/mol. The summed E-state index contributed by atoms with van der Waals surface area (Å²) < 4.78 is 3.52. The molecule has 2 unspecified atom stereocenters. The summed E-state index contributed by atoms with van der Waals surface area (Å²) >= 11 is 7.16. The van der Waals surface area contributed by atoms with E-state index in [0.717, 1.165) is 69.9 Å². The number of piperazine rings is 1. The highest BCUT2D eigenvalue weighted by molar-refractivity contribution is 9.13. The van der Waals surface area contributed by atoms with Crippen LogP contribution in [0.2, 0.25) is 0 Å². The molecule has 0 radical (unpaired) electrons. The number of carbonyl (C=O) groups is 2. The van der Waals surface area contributed by atoms with Gasteiger partial charge in [-0.2, -0.15) is 0 Å². The fourth-order valence-corrected chi connectivity index (χ4v) is 8.77. The highest BCUT2D eigenvalue weighted by Crippen LogP contribution is 2.36. The van der Waals surface area contributed by atoms with E-state index < -0.39 is 18.1 Å². The highest BCUT2D eigenvalue weighted by Gasteiger charge is 2.43. The molecule has 5 heterocycles. The first kappa shape index (κ1) is 33.2. The lowest BCUT2D eigenvalue weighted by molar-refractivity contribution is -0.140. The van der Waals surface area contributed by atoms with E-state index in [2.05, 4.69) is 58.7 Å². The van der Waals surface area contributed by atoms with Crippen molar-refractivity contribution in [2.75, 3.05) is 52.9 Å². The third-order valence-corrected chi connectivity index (χ3v) is 12.6. The van der Waals surface area contributed by atoms with Crippen LogP contribution in [0.15, 0.2) is 62.4 Å². The number of piperidine rings is 2. The molecule has 3 aliphatic rings. The fourth-order valence-electron chi connectivity index (χ4n) is 8.10. The van der Waals surface area contributed by atoms with Crippen LogP contribution in [0.25, 0.3) is 21.9 Å². The summed E-state index contributed by atoms with van der Waals surface area (Å²) in [5.74, 6) is -0.626. The maximum Gasteiger partial charge on any atom is 0.407 e. The van der Waals surface area contributed by atoms with Gasteiger partial charge >= 0.3 is 11.8 Å². The number of hydrogen-bond acceptors (Lipinski definition) is 6. The van der Waals surface area contributed by atoms with Crippen LogP contribution in [0.4, 0.5) is 4.79 Å². The molecule has 2 aromatic carbocycles. The van der Waals surface area contributed by atoms with Crippen molar-refractivity contribution in [1.82, 2.24) is 34.1 Å². The fraction of sp³-hybridized carbons (Fsp3) is 0.486. The predicted octanol–water partition coefficient (Wildman–Crippen LogP) is 5.18. The number of nitrogens with one attached hydrogen (secondary N) is 1. The Morgan fingerprint density at radius 2 is 1.69 bits per heavy atom. The second-order valence-corrected chi connectivity index (χ2v) is 15.2. The largest absolute Gasteiger partial charge is 0.465 e. The molecule has 3 fully saturated rings. The zero-order valence-corrected chi connectivity index (χ0v) is 30.2. The summed E-state index contributed by atoms with van der Waals surface area (Å²) in [4.78, 5) is 57.0. The van der Waals surface area contributed by atoms with E-state index in [4.69, 9.17) is 0 Å². The molecular formula is C35H41Br2N7O4. The number of carbonyl (C=O) groups excluding carboxylic acids is 1. The van der Waals surface area contributed by atoms with E-state index in [1.165, 1.54) is 4.90 Å². The first-order valence-corrected chi connectivity index (χ1v) is 18.4. The topological polar surface area (TPSA) is 118 Å². The van der Waals surface area contributed by atoms with Crippen LogP contribution >= 0.6 is 31.9 Å². The van der Waals surface area contributed by atoms with Gasteiger partial charge in [0.15, 0.2) is 0 Å². The number of nitrogens with zero attached hydrogens (tertiary/aromatic N) is 6. The molecule has 3 aliphatic heterocycles. The second kappa shape index (κ2) is 13.9. The van der Waals surface area contributed by atoms with Crippen molar-refractivity contribution in [3.63, 3.8) is 0 Å². The van der Waals surface area contributed by atoms with Crippen LogP contribution < -0.4 is 5.69 Å². The number of para-hydroxylation sites is 1. The van der Waals surface area contributed by atoms with E-state index in [9.17, 15) is 19.5 Å². The number of likely N-dealkylation sites (N-methyl/N-ethyl adjacent to an activating group) is 1. The summed E-state index contributed by atoms with van der Waals surface area (Å²) in [6.07, 6.45) is 3.70. The summed E-state index contributed by atoms with van der Waals surface area (Å²) in [5.41, 5.74) is 2.90. The Labute approximate surface area is 296 Å². The third-order valence-electron chi connectivity index (χ3n) is 10.7. The van der Waals surface area contributed by atoms with E-state index in [0.29, 0.717) is 43.9 Å². The number of fused-ring (bicyclic) bond motifs is 3. The van der Waals surface area contributed by atoms with Crippen molar-refractivity contribution in [2.45, 2.75) is 50.2 Å². The number of aromatic nitrogens is 3. The second-order valence-electron chi connectivity index (χ2n) is 13.5. The molecule has 48 heavy (non-hydrogen) atoms. The van der Waals surface area contributed by atoms with E-state index in [1.807, 2.05) is 47.4 Å². The first-order valence-electron chi connectivity index (χ1n) is 16.8. The number of H-pyrrole nitrogens is 1. The molecule has 11 nitrogen and oxygen atoms in total. The molecule has 0 bridgehead atoms. The molecule has 4 aromatic rings. The lowest BCUT2D eigenvalue weighted by Crippen LogP contribution is -2.57. The number of aromatic amines is 1. The first-order chi connectivity index (χ1) is 23.2. The van der Waals surface area contributed by atoms with Crippen molar-refractivity contribution >= 4 is 65.8 Å². The van der Waals surface area contributed by atoms with Crippen molar-refractivity contribution in [3.05, 3.63) is 73.7 Å². The van der Waals surface area contributed by atoms with Gasteiger partial charge in [0.05, 0.1) is 28.7 Å². The van der Waals surface area contributed by atoms with Crippen LogP contribution in [0.5, 0.6) is 0 Å². The van der Waals surface area contributed by atoms with Crippen LogP contribution in [0, 0.1) is 5.92 Å². The Morgan fingerprint density at radius 3 is 2.42 bits per heavy atom. The maximum atomic E-state index is 14.6. The van der Waals surface area contributed by atoms with Crippen LogP contribution in [0.1, 0.15) is 37.3 Å². The van der Waals surface area contributed by atoms with Gasteiger partial charge < -0.3 is 24.8 Å². The zero-order chi connectivity index (χ0) is 33.5. The van der Waals surface area contributed by atoms with E-state index in [-0.39, 0.29) is 24.2 Å².